The quantitative estimate of drug-likeness (QED) is 0.285. The van der Waals surface area contributed by atoms with E-state index in [-0.39, 0.29) is 11.6 Å². The van der Waals surface area contributed by atoms with Gasteiger partial charge in [-0.2, -0.15) is 4.37 Å². The lowest BCUT2D eigenvalue weighted by Gasteiger charge is -2.17. The molecule has 0 atom stereocenters. The highest BCUT2D eigenvalue weighted by atomic mass is 32.1. The van der Waals surface area contributed by atoms with Gasteiger partial charge in [-0.1, -0.05) is 23.4 Å². The molecular weight excluding hydrogens is 334 g/mol. The normalized spacial score (nSPS) is 11.7. The molecule has 0 saturated heterocycles. The minimum atomic E-state index is 0.0590. The predicted octanol–water partition coefficient (Wildman–Crippen LogP) is 4.20. The fraction of sp³-hybridized carbons (Fsp3) is 0.158. The predicted molar refractivity (Wildman–Crippen MR) is 101 cm³/mol. The second-order valence-electron chi connectivity index (χ2n) is 5.97. The summed E-state index contributed by atoms with van der Waals surface area (Å²) in [6.07, 6.45) is 0. The van der Waals surface area contributed by atoms with Gasteiger partial charge in [-0.05, 0) is 67.2 Å². The second kappa shape index (κ2) is 6.57. The third-order valence-corrected chi connectivity index (χ3v) is 4.97. The SMILES string of the molecule is Cc1cc(/C(N)=N/O)c(-c2c(C)nsc2C)c(-c2ccc(O)cc2)c1. The van der Waals surface area contributed by atoms with Gasteiger partial charge in [0.2, 0.25) is 0 Å². The van der Waals surface area contributed by atoms with Crippen molar-refractivity contribution in [2.75, 3.05) is 0 Å². The molecule has 3 aromatic rings. The van der Waals surface area contributed by atoms with E-state index in [9.17, 15) is 10.3 Å². The smallest absolute Gasteiger partial charge is 0.170 e. The molecule has 4 N–H and O–H groups in total. The summed E-state index contributed by atoms with van der Waals surface area (Å²) in [5, 5.41) is 22.1. The second-order valence-corrected chi connectivity index (χ2v) is 6.94. The molecule has 0 aliphatic carbocycles. The number of nitrogens with two attached hydrogens (primary N) is 1. The van der Waals surface area contributed by atoms with E-state index in [1.54, 1.807) is 12.1 Å². The average molecular weight is 353 g/mol. The van der Waals surface area contributed by atoms with Gasteiger partial charge in [0.15, 0.2) is 5.84 Å². The van der Waals surface area contributed by atoms with Gasteiger partial charge >= 0.3 is 0 Å². The first-order valence-corrected chi connectivity index (χ1v) is 8.55. The number of oxime groups is 1. The summed E-state index contributed by atoms with van der Waals surface area (Å²) in [4.78, 5) is 1.06. The summed E-state index contributed by atoms with van der Waals surface area (Å²) in [5.41, 5.74) is 12.3. The van der Waals surface area contributed by atoms with Gasteiger partial charge in [0, 0.05) is 21.6 Å². The zero-order valence-electron chi connectivity index (χ0n) is 14.2. The molecule has 0 spiro atoms. The van der Waals surface area contributed by atoms with E-state index in [0.717, 1.165) is 38.4 Å². The van der Waals surface area contributed by atoms with E-state index >= 15 is 0 Å². The number of phenolic OH excluding ortho intramolecular Hbond substituents is 1. The molecule has 0 amide bonds. The molecule has 1 heterocycles. The Morgan fingerprint density at radius 2 is 1.76 bits per heavy atom. The average Bonchev–Trinajstić information content (AvgIpc) is 2.93. The van der Waals surface area contributed by atoms with Crippen LogP contribution in [0.4, 0.5) is 0 Å². The first-order chi connectivity index (χ1) is 11.9. The van der Waals surface area contributed by atoms with Gasteiger partial charge < -0.3 is 16.0 Å². The summed E-state index contributed by atoms with van der Waals surface area (Å²) in [5.74, 6) is 0.267. The van der Waals surface area contributed by atoms with Crippen LogP contribution in [0.1, 0.15) is 21.7 Å². The summed E-state index contributed by atoms with van der Waals surface area (Å²) < 4.78 is 4.45. The topological polar surface area (TPSA) is 91.7 Å². The van der Waals surface area contributed by atoms with Crippen LogP contribution in [0.15, 0.2) is 41.6 Å². The fourth-order valence-electron chi connectivity index (χ4n) is 3.02. The molecule has 0 radical (unpaired) electrons. The van der Waals surface area contributed by atoms with Crippen LogP contribution < -0.4 is 5.73 Å². The number of aromatic hydroxyl groups is 1. The van der Waals surface area contributed by atoms with Gasteiger partial charge in [0.1, 0.15) is 5.75 Å². The highest BCUT2D eigenvalue weighted by Crippen LogP contribution is 2.40. The van der Waals surface area contributed by atoms with Crippen molar-refractivity contribution in [2.45, 2.75) is 20.8 Å². The van der Waals surface area contributed by atoms with E-state index in [0.29, 0.717) is 5.56 Å². The molecule has 0 aliphatic heterocycles. The largest absolute Gasteiger partial charge is 0.508 e. The minimum absolute atomic E-state index is 0.0590. The van der Waals surface area contributed by atoms with E-state index < -0.39 is 0 Å². The number of hydrogen-bond donors (Lipinski definition) is 3. The number of hydrogen-bond acceptors (Lipinski definition) is 5. The number of aryl methyl sites for hydroxylation is 3. The van der Waals surface area contributed by atoms with Crippen LogP contribution in [0.3, 0.4) is 0 Å². The van der Waals surface area contributed by atoms with Crippen molar-refractivity contribution in [3.05, 3.63) is 58.1 Å². The summed E-state index contributed by atoms with van der Waals surface area (Å²) in [7, 11) is 0. The third-order valence-electron chi connectivity index (χ3n) is 4.13. The molecule has 6 heteroatoms. The van der Waals surface area contributed by atoms with Gasteiger partial charge in [-0.3, -0.25) is 0 Å². The van der Waals surface area contributed by atoms with Crippen molar-refractivity contribution >= 4 is 17.4 Å². The lowest BCUT2D eigenvalue weighted by atomic mass is 9.88. The molecule has 0 unspecified atom stereocenters. The van der Waals surface area contributed by atoms with Crippen molar-refractivity contribution in [1.29, 1.82) is 0 Å². The summed E-state index contributed by atoms with van der Waals surface area (Å²) in [6.45, 7) is 5.93. The molecule has 5 nitrogen and oxygen atoms in total. The number of nitrogens with zero attached hydrogens (tertiary/aromatic N) is 2. The Morgan fingerprint density at radius 1 is 1.08 bits per heavy atom. The monoisotopic (exact) mass is 353 g/mol. The van der Waals surface area contributed by atoms with Crippen molar-refractivity contribution in [3.8, 4) is 28.0 Å². The first kappa shape index (κ1) is 17.0. The van der Waals surface area contributed by atoms with Crippen LogP contribution in [-0.4, -0.2) is 20.5 Å². The van der Waals surface area contributed by atoms with Crippen LogP contribution in [0.5, 0.6) is 5.75 Å². The molecule has 3 rings (SSSR count). The van der Waals surface area contributed by atoms with Crippen LogP contribution in [0, 0.1) is 20.8 Å². The number of amidine groups is 1. The molecule has 25 heavy (non-hydrogen) atoms. The highest BCUT2D eigenvalue weighted by Gasteiger charge is 2.21. The highest BCUT2D eigenvalue weighted by molar-refractivity contribution is 7.06. The van der Waals surface area contributed by atoms with Crippen molar-refractivity contribution < 1.29 is 10.3 Å². The molecule has 0 aliphatic rings. The lowest BCUT2D eigenvalue weighted by Crippen LogP contribution is -2.15. The Labute approximate surface area is 150 Å². The molecular formula is C19H19N3O2S. The van der Waals surface area contributed by atoms with Crippen molar-refractivity contribution in [1.82, 2.24) is 4.37 Å². The van der Waals surface area contributed by atoms with Crippen molar-refractivity contribution in [2.24, 2.45) is 10.9 Å². The standard InChI is InChI=1S/C19H19N3O2S/c1-10-8-15(13-4-6-14(23)7-5-13)18(16(9-10)19(20)21-24)17-11(2)22-25-12(17)3/h4-9,23-24H,1-3H3,(H2,20,21). The first-order valence-electron chi connectivity index (χ1n) is 7.77. The number of benzene rings is 2. The number of phenols is 1. The van der Waals surface area contributed by atoms with Gasteiger partial charge in [-0.25, -0.2) is 0 Å². The zero-order valence-corrected chi connectivity index (χ0v) is 15.1. The van der Waals surface area contributed by atoms with E-state index in [1.807, 2.05) is 39.0 Å². The van der Waals surface area contributed by atoms with Crippen molar-refractivity contribution in [3.63, 3.8) is 0 Å². The summed E-state index contributed by atoms with van der Waals surface area (Å²) in [6, 6.07) is 11.0. The Kier molecular flexibility index (Phi) is 4.46. The molecule has 2 aromatic carbocycles. The zero-order chi connectivity index (χ0) is 18.1. The Bertz CT molecular complexity index is 940. The molecule has 0 fully saturated rings. The molecule has 0 saturated carbocycles. The summed E-state index contributed by atoms with van der Waals surface area (Å²) >= 11 is 1.43. The van der Waals surface area contributed by atoms with Gasteiger partial charge in [0.05, 0.1) is 5.69 Å². The molecule has 1 aromatic heterocycles. The lowest BCUT2D eigenvalue weighted by molar-refractivity contribution is 0.318. The van der Waals surface area contributed by atoms with Crippen LogP contribution in [0.25, 0.3) is 22.3 Å². The van der Waals surface area contributed by atoms with E-state index in [4.69, 9.17) is 5.73 Å². The molecule has 128 valence electrons. The van der Waals surface area contributed by atoms with Crippen LogP contribution in [-0.2, 0) is 0 Å². The minimum Gasteiger partial charge on any atom is -0.508 e. The maximum absolute atomic E-state index is 9.60. The van der Waals surface area contributed by atoms with E-state index in [2.05, 4.69) is 15.6 Å². The van der Waals surface area contributed by atoms with E-state index in [1.165, 1.54) is 11.5 Å². The van der Waals surface area contributed by atoms with Gasteiger partial charge in [-0.15, -0.1) is 0 Å². The maximum Gasteiger partial charge on any atom is 0.170 e. The van der Waals surface area contributed by atoms with Crippen LogP contribution in [0.2, 0.25) is 0 Å². The van der Waals surface area contributed by atoms with Gasteiger partial charge in [0.25, 0.3) is 0 Å². The fourth-order valence-corrected chi connectivity index (χ4v) is 3.73. The third kappa shape index (κ3) is 3.08. The van der Waals surface area contributed by atoms with Crippen LogP contribution >= 0.6 is 11.5 Å². The maximum atomic E-state index is 9.60. The Balaban J connectivity index is 2.42. The Morgan fingerprint density at radius 3 is 2.32 bits per heavy atom. The number of aromatic nitrogens is 1. The Hall–Kier alpha value is -2.86. The molecule has 0 bridgehead atoms. The number of rotatable bonds is 3.